The summed E-state index contributed by atoms with van der Waals surface area (Å²) in [6.45, 7) is 0. The van der Waals surface area contributed by atoms with E-state index >= 15 is 0 Å². The average Bonchev–Trinajstić information content (AvgIpc) is 3.02. The third kappa shape index (κ3) is 2.76. The van der Waals surface area contributed by atoms with Crippen LogP contribution in [-0.4, -0.2) is 26.3 Å². The van der Waals surface area contributed by atoms with Crippen LogP contribution < -0.4 is 5.32 Å². The molecule has 0 saturated carbocycles. The molecule has 2 aromatic carbocycles. The van der Waals surface area contributed by atoms with Crippen LogP contribution in [0.5, 0.6) is 11.5 Å². The second kappa shape index (κ2) is 5.61. The number of carbonyl (C=O) groups excluding carboxylic acids is 1. The van der Waals surface area contributed by atoms with Crippen molar-refractivity contribution in [1.82, 2.24) is 10.2 Å². The summed E-state index contributed by atoms with van der Waals surface area (Å²) in [6.07, 6.45) is 0. The van der Waals surface area contributed by atoms with Crippen LogP contribution in [0.1, 0.15) is 10.5 Å². The molecule has 1 amide bonds. The Morgan fingerprint density at radius 3 is 2.50 bits per heavy atom. The fraction of sp³-hybridized carbons (Fsp3) is 0. The van der Waals surface area contributed by atoms with Crippen LogP contribution in [-0.2, 0) is 0 Å². The van der Waals surface area contributed by atoms with Gasteiger partial charge in [0.2, 0.25) is 0 Å². The molecule has 3 rings (SSSR count). The molecule has 110 valence electrons. The number of amides is 1. The number of aromatic hydroxyl groups is 2. The number of nitrogens with one attached hydrogen (secondary N) is 2. The van der Waals surface area contributed by atoms with Gasteiger partial charge in [-0.15, -0.1) is 0 Å². The summed E-state index contributed by atoms with van der Waals surface area (Å²) in [7, 11) is 0. The van der Waals surface area contributed by atoms with E-state index in [0.29, 0.717) is 17.1 Å². The lowest BCUT2D eigenvalue weighted by Crippen LogP contribution is -2.12. The van der Waals surface area contributed by atoms with Gasteiger partial charge in [-0.2, -0.15) is 5.10 Å². The standard InChI is InChI=1S/C16H13N3O3/c20-14-7-6-11(8-15(14)21)17-16(22)13-9-12(18-19-13)10-4-2-1-3-5-10/h1-9,20-21H,(H,17,22)(H,18,19). The van der Waals surface area contributed by atoms with Crippen molar-refractivity contribution in [2.24, 2.45) is 0 Å². The number of phenols is 2. The number of rotatable bonds is 3. The van der Waals surface area contributed by atoms with Gasteiger partial charge in [0.25, 0.3) is 5.91 Å². The van der Waals surface area contributed by atoms with Crippen molar-refractivity contribution in [1.29, 1.82) is 0 Å². The van der Waals surface area contributed by atoms with Crippen LogP contribution in [0.2, 0.25) is 0 Å². The molecule has 0 aliphatic heterocycles. The molecule has 1 aromatic heterocycles. The maximum atomic E-state index is 12.1. The molecule has 0 saturated heterocycles. The predicted octanol–water partition coefficient (Wildman–Crippen LogP) is 2.74. The first-order chi connectivity index (χ1) is 10.6. The molecule has 3 aromatic rings. The van der Waals surface area contributed by atoms with Gasteiger partial charge in [-0.25, -0.2) is 0 Å². The first kappa shape index (κ1) is 13.7. The number of H-pyrrole nitrogens is 1. The van der Waals surface area contributed by atoms with Crippen LogP contribution in [0, 0.1) is 0 Å². The first-order valence-electron chi connectivity index (χ1n) is 6.57. The Labute approximate surface area is 126 Å². The molecular formula is C16H13N3O3. The Morgan fingerprint density at radius 1 is 1.00 bits per heavy atom. The van der Waals surface area contributed by atoms with Gasteiger partial charge in [0, 0.05) is 17.3 Å². The Kier molecular flexibility index (Phi) is 3.49. The third-order valence-corrected chi connectivity index (χ3v) is 3.13. The number of hydrogen-bond donors (Lipinski definition) is 4. The maximum Gasteiger partial charge on any atom is 0.273 e. The molecular weight excluding hydrogens is 282 g/mol. The summed E-state index contributed by atoms with van der Waals surface area (Å²) in [5.74, 6) is -0.932. The highest BCUT2D eigenvalue weighted by molar-refractivity contribution is 6.03. The summed E-state index contributed by atoms with van der Waals surface area (Å²) in [5.41, 5.74) is 2.24. The number of anilines is 1. The maximum absolute atomic E-state index is 12.1. The lowest BCUT2D eigenvalue weighted by atomic mass is 10.1. The van der Waals surface area contributed by atoms with E-state index in [1.54, 1.807) is 6.07 Å². The lowest BCUT2D eigenvalue weighted by molar-refractivity contribution is 0.102. The molecule has 22 heavy (non-hydrogen) atoms. The zero-order valence-electron chi connectivity index (χ0n) is 11.4. The van der Waals surface area contributed by atoms with Crippen LogP contribution in [0.4, 0.5) is 5.69 Å². The Bertz CT molecular complexity index is 813. The molecule has 0 fully saturated rings. The smallest absolute Gasteiger partial charge is 0.273 e. The van der Waals surface area contributed by atoms with Crippen molar-refractivity contribution in [2.45, 2.75) is 0 Å². The van der Waals surface area contributed by atoms with Gasteiger partial charge in [-0.05, 0) is 18.2 Å². The SMILES string of the molecule is O=C(Nc1ccc(O)c(O)c1)c1cc(-c2ccccc2)n[nH]1. The van der Waals surface area contributed by atoms with Gasteiger partial charge in [0.15, 0.2) is 11.5 Å². The van der Waals surface area contributed by atoms with Gasteiger partial charge < -0.3 is 15.5 Å². The number of nitrogens with zero attached hydrogens (tertiary/aromatic N) is 1. The molecule has 0 unspecified atom stereocenters. The quantitative estimate of drug-likeness (QED) is 0.441. The molecule has 4 N–H and O–H groups in total. The fourth-order valence-corrected chi connectivity index (χ4v) is 1.99. The van der Waals surface area contributed by atoms with Gasteiger partial charge in [0.1, 0.15) is 5.69 Å². The average molecular weight is 295 g/mol. The summed E-state index contributed by atoms with van der Waals surface area (Å²) in [6, 6.07) is 15.2. The van der Waals surface area contributed by atoms with Crippen LogP contribution in [0.15, 0.2) is 54.6 Å². The second-order valence-electron chi connectivity index (χ2n) is 4.69. The number of aromatic amines is 1. The largest absolute Gasteiger partial charge is 0.504 e. The first-order valence-corrected chi connectivity index (χ1v) is 6.57. The number of aromatic nitrogens is 2. The van der Waals surface area contributed by atoms with Crippen molar-refractivity contribution < 1.29 is 15.0 Å². The summed E-state index contributed by atoms with van der Waals surface area (Å²) < 4.78 is 0. The van der Waals surface area contributed by atoms with E-state index < -0.39 is 0 Å². The Balaban J connectivity index is 1.78. The van der Waals surface area contributed by atoms with E-state index in [9.17, 15) is 15.0 Å². The van der Waals surface area contributed by atoms with Gasteiger partial charge in [-0.1, -0.05) is 30.3 Å². The van der Waals surface area contributed by atoms with Crippen molar-refractivity contribution in [3.05, 3.63) is 60.3 Å². The molecule has 0 atom stereocenters. The minimum Gasteiger partial charge on any atom is -0.504 e. The monoisotopic (exact) mass is 295 g/mol. The molecule has 0 aliphatic carbocycles. The highest BCUT2D eigenvalue weighted by Crippen LogP contribution is 2.27. The van der Waals surface area contributed by atoms with Crippen molar-refractivity contribution in [2.75, 3.05) is 5.32 Å². The van der Waals surface area contributed by atoms with Crippen molar-refractivity contribution in [3.63, 3.8) is 0 Å². The molecule has 6 heteroatoms. The number of benzene rings is 2. The van der Waals surface area contributed by atoms with Gasteiger partial charge in [-0.3, -0.25) is 9.89 Å². The van der Waals surface area contributed by atoms with Crippen molar-refractivity contribution in [3.8, 4) is 22.8 Å². The number of phenolic OH excluding ortho intramolecular Hbond substituents is 2. The number of carbonyl (C=O) groups is 1. The molecule has 0 radical (unpaired) electrons. The molecule has 1 heterocycles. The molecule has 0 spiro atoms. The Hall–Kier alpha value is -3.28. The zero-order valence-corrected chi connectivity index (χ0v) is 11.4. The molecule has 0 aliphatic rings. The van der Waals surface area contributed by atoms with E-state index in [-0.39, 0.29) is 17.4 Å². The highest BCUT2D eigenvalue weighted by Gasteiger charge is 2.12. The van der Waals surface area contributed by atoms with Crippen LogP contribution >= 0.6 is 0 Å². The lowest BCUT2D eigenvalue weighted by Gasteiger charge is -2.04. The summed E-state index contributed by atoms with van der Waals surface area (Å²) in [4.78, 5) is 12.1. The molecule has 6 nitrogen and oxygen atoms in total. The van der Waals surface area contributed by atoms with E-state index in [2.05, 4.69) is 15.5 Å². The summed E-state index contributed by atoms with van der Waals surface area (Å²) >= 11 is 0. The number of hydrogen-bond acceptors (Lipinski definition) is 4. The fourth-order valence-electron chi connectivity index (χ4n) is 1.99. The summed E-state index contributed by atoms with van der Waals surface area (Å²) in [5, 5.41) is 28.1. The minimum absolute atomic E-state index is 0.245. The predicted molar refractivity (Wildman–Crippen MR) is 81.7 cm³/mol. The normalized spacial score (nSPS) is 10.4. The van der Waals surface area contributed by atoms with Crippen LogP contribution in [0.25, 0.3) is 11.3 Å². The van der Waals surface area contributed by atoms with E-state index in [0.717, 1.165) is 5.56 Å². The highest BCUT2D eigenvalue weighted by atomic mass is 16.3. The molecule has 0 bridgehead atoms. The Morgan fingerprint density at radius 2 is 1.77 bits per heavy atom. The topological polar surface area (TPSA) is 98.2 Å². The second-order valence-corrected chi connectivity index (χ2v) is 4.69. The van der Waals surface area contributed by atoms with Gasteiger partial charge in [0.05, 0.1) is 5.69 Å². The zero-order chi connectivity index (χ0) is 15.5. The minimum atomic E-state index is -0.389. The van der Waals surface area contributed by atoms with Gasteiger partial charge >= 0.3 is 0 Å². The van der Waals surface area contributed by atoms with E-state index in [1.807, 2.05) is 30.3 Å². The van der Waals surface area contributed by atoms with Crippen LogP contribution in [0.3, 0.4) is 0 Å². The third-order valence-electron chi connectivity index (χ3n) is 3.13. The van der Waals surface area contributed by atoms with E-state index in [4.69, 9.17) is 0 Å². The van der Waals surface area contributed by atoms with Crippen molar-refractivity contribution >= 4 is 11.6 Å². The van der Waals surface area contributed by atoms with E-state index in [1.165, 1.54) is 18.2 Å².